The van der Waals surface area contributed by atoms with E-state index in [0.717, 1.165) is 38.8 Å². The van der Waals surface area contributed by atoms with Crippen LogP contribution in [0, 0.1) is 11.8 Å². The molecule has 3 N–H and O–H groups in total. The molecule has 4 heteroatoms. The van der Waals surface area contributed by atoms with E-state index in [9.17, 15) is 9.90 Å². The van der Waals surface area contributed by atoms with Crippen LogP contribution in [-0.4, -0.2) is 36.8 Å². The standard InChI is InChI=1S/C14H26N2O2/c17-10-12-6-2-1-5-11(12)9-16-13-7-3-4-8-15-14(13)18/h11-13,16-17H,1-10H2,(H,15,18). The molecular formula is C14H26N2O2. The first-order valence-corrected chi connectivity index (χ1v) is 7.43. The van der Waals surface area contributed by atoms with Gasteiger partial charge in [-0.25, -0.2) is 0 Å². The molecule has 4 nitrogen and oxygen atoms in total. The number of aliphatic hydroxyl groups is 1. The van der Waals surface area contributed by atoms with Crippen LogP contribution >= 0.6 is 0 Å². The minimum atomic E-state index is -0.0197. The minimum Gasteiger partial charge on any atom is -0.396 e. The summed E-state index contributed by atoms with van der Waals surface area (Å²) < 4.78 is 0. The van der Waals surface area contributed by atoms with Crippen molar-refractivity contribution >= 4 is 5.91 Å². The lowest BCUT2D eigenvalue weighted by molar-refractivity contribution is -0.122. The third-order valence-electron chi connectivity index (χ3n) is 4.46. The summed E-state index contributed by atoms with van der Waals surface area (Å²) >= 11 is 0. The first kappa shape index (κ1) is 13.8. The van der Waals surface area contributed by atoms with Gasteiger partial charge >= 0.3 is 0 Å². The third-order valence-corrected chi connectivity index (χ3v) is 4.46. The Kier molecular flexibility index (Phi) is 5.45. The Labute approximate surface area is 110 Å². The number of rotatable bonds is 4. The Balaban J connectivity index is 1.79. The minimum absolute atomic E-state index is 0.0197. The Morgan fingerprint density at radius 1 is 1.11 bits per heavy atom. The van der Waals surface area contributed by atoms with E-state index in [1.54, 1.807) is 0 Å². The van der Waals surface area contributed by atoms with Gasteiger partial charge in [0.1, 0.15) is 0 Å². The molecule has 18 heavy (non-hydrogen) atoms. The zero-order valence-electron chi connectivity index (χ0n) is 11.2. The molecule has 1 heterocycles. The van der Waals surface area contributed by atoms with Gasteiger partial charge < -0.3 is 15.7 Å². The van der Waals surface area contributed by atoms with E-state index in [4.69, 9.17) is 0 Å². The summed E-state index contributed by atoms with van der Waals surface area (Å²) in [5.74, 6) is 1.13. The van der Waals surface area contributed by atoms with Crippen LogP contribution < -0.4 is 10.6 Å². The number of amides is 1. The lowest BCUT2D eigenvalue weighted by Gasteiger charge is -2.31. The van der Waals surface area contributed by atoms with Gasteiger partial charge in [0.25, 0.3) is 0 Å². The van der Waals surface area contributed by atoms with Crippen molar-refractivity contribution in [3.8, 4) is 0 Å². The average Bonchev–Trinajstić information content (AvgIpc) is 2.61. The molecule has 3 atom stereocenters. The van der Waals surface area contributed by atoms with Crippen molar-refractivity contribution in [2.24, 2.45) is 11.8 Å². The average molecular weight is 254 g/mol. The first-order chi connectivity index (χ1) is 8.81. The van der Waals surface area contributed by atoms with Gasteiger partial charge in [0.2, 0.25) is 5.91 Å². The Bertz CT molecular complexity index is 271. The predicted molar refractivity (Wildman–Crippen MR) is 71.2 cm³/mol. The van der Waals surface area contributed by atoms with Gasteiger partial charge in [-0.3, -0.25) is 4.79 Å². The van der Waals surface area contributed by atoms with Gasteiger partial charge in [0, 0.05) is 13.2 Å². The van der Waals surface area contributed by atoms with Crippen molar-refractivity contribution in [3.63, 3.8) is 0 Å². The fourth-order valence-corrected chi connectivity index (χ4v) is 3.22. The van der Waals surface area contributed by atoms with Crippen LogP contribution in [-0.2, 0) is 4.79 Å². The maximum Gasteiger partial charge on any atom is 0.237 e. The van der Waals surface area contributed by atoms with Gasteiger partial charge in [-0.1, -0.05) is 12.8 Å². The quantitative estimate of drug-likeness (QED) is 0.702. The van der Waals surface area contributed by atoms with Gasteiger partial charge in [-0.05, 0) is 50.5 Å². The van der Waals surface area contributed by atoms with Crippen LogP contribution in [0.25, 0.3) is 0 Å². The van der Waals surface area contributed by atoms with Crippen LogP contribution in [0.5, 0.6) is 0 Å². The number of hydrogen-bond donors (Lipinski definition) is 3. The van der Waals surface area contributed by atoms with E-state index in [0.29, 0.717) is 18.4 Å². The third kappa shape index (κ3) is 3.69. The van der Waals surface area contributed by atoms with Gasteiger partial charge in [0.15, 0.2) is 0 Å². The molecule has 2 rings (SSSR count). The smallest absolute Gasteiger partial charge is 0.237 e. The highest BCUT2D eigenvalue weighted by molar-refractivity contribution is 5.81. The number of carbonyl (C=O) groups excluding carboxylic acids is 1. The molecule has 0 aromatic heterocycles. The van der Waals surface area contributed by atoms with Gasteiger partial charge in [0.05, 0.1) is 6.04 Å². The highest BCUT2D eigenvalue weighted by Crippen LogP contribution is 2.29. The second kappa shape index (κ2) is 7.10. The molecule has 2 aliphatic rings. The van der Waals surface area contributed by atoms with Gasteiger partial charge in [-0.15, -0.1) is 0 Å². The molecule has 1 aliphatic carbocycles. The number of aliphatic hydroxyl groups excluding tert-OH is 1. The fourth-order valence-electron chi connectivity index (χ4n) is 3.22. The van der Waals surface area contributed by atoms with Gasteiger partial charge in [-0.2, -0.15) is 0 Å². The molecule has 1 aliphatic heterocycles. The molecule has 1 saturated carbocycles. The molecule has 0 radical (unpaired) electrons. The first-order valence-electron chi connectivity index (χ1n) is 7.43. The monoisotopic (exact) mass is 254 g/mol. The van der Waals surface area contributed by atoms with Crippen LogP contribution in [0.3, 0.4) is 0 Å². The molecule has 0 aromatic rings. The summed E-state index contributed by atoms with van der Waals surface area (Å²) in [6.45, 7) is 1.99. The lowest BCUT2D eigenvalue weighted by atomic mass is 9.79. The van der Waals surface area contributed by atoms with E-state index >= 15 is 0 Å². The van der Waals surface area contributed by atoms with E-state index < -0.39 is 0 Å². The molecule has 0 aromatic carbocycles. The number of hydrogen-bond acceptors (Lipinski definition) is 3. The van der Waals surface area contributed by atoms with Crippen molar-refractivity contribution in [2.45, 2.75) is 51.0 Å². The van der Waals surface area contributed by atoms with Crippen LogP contribution in [0.4, 0.5) is 0 Å². The van der Waals surface area contributed by atoms with Crippen molar-refractivity contribution in [1.82, 2.24) is 10.6 Å². The van der Waals surface area contributed by atoms with Crippen molar-refractivity contribution in [2.75, 3.05) is 19.7 Å². The second-order valence-corrected chi connectivity index (χ2v) is 5.73. The number of nitrogens with one attached hydrogen (secondary N) is 2. The fraction of sp³-hybridized carbons (Fsp3) is 0.929. The summed E-state index contributed by atoms with van der Waals surface area (Å²) in [5.41, 5.74) is 0. The van der Waals surface area contributed by atoms with E-state index in [2.05, 4.69) is 10.6 Å². The summed E-state index contributed by atoms with van der Waals surface area (Å²) in [6.07, 6.45) is 7.98. The molecule has 3 unspecified atom stereocenters. The molecule has 0 bridgehead atoms. The Morgan fingerprint density at radius 3 is 2.61 bits per heavy atom. The highest BCUT2D eigenvalue weighted by atomic mass is 16.3. The summed E-state index contributed by atoms with van der Waals surface area (Å²) in [4.78, 5) is 11.8. The summed E-state index contributed by atoms with van der Waals surface area (Å²) in [7, 11) is 0. The second-order valence-electron chi connectivity index (χ2n) is 5.73. The summed E-state index contributed by atoms with van der Waals surface area (Å²) in [6, 6.07) is -0.0197. The zero-order valence-corrected chi connectivity index (χ0v) is 11.2. The van der Waals surface area contributed by atoms with Crippen molar-refractivity contribution in [1.29, 1.82) is 0 Å². The van der Waals surface area contributed by atoms with E-state index in [1.165, 1.54) is 19.3 Å². The summed E-state index contributed by atoms with van der Waals surface area (Å²) in [5, 5.41) is 15.8. The maximum atomic E-state index is 11.8. The predicted octanol–water partition coefficient (Wildman–Crippen LogP) is 1.04. The SMILES string of the molecule is O=C1NCCCCC1NCC1CCCCC1CO. The van der Waals surface area contributed by atoms with Crippen molar-refractivity contribution in [3.05, 3.63) is 0 Å². The van der Waals surface area contributed by atoms with E-state index in [-0.39, 0.29) is 11.9 Å². The van der Waals surface area contributed by atoms with E-state index in [1.807, 2.05) is 0 Å². The van der Waals surface area contributed by atoms with Crippen LogP contribution in [0.15, 0.2) is 0 Å². The topological polar surface area (TPSA) is 61.4 Å². The molecule has 2 fully saturated rings. The van der Waals surface area contributed by atoms with Crippen molar-refractivity contribution < 1.29 is 9.90 Å². The lowest BCUT2D eigenvalue weighted by Crippen LogP contribution is -2.45. The molecule has 104 valence electrons. The highest BCUT2D eigenvalue weighted by Gasteiger charge is 2.26. The Morgan fingerprint density at radius 2 is 1.83 bits per heavy atom. The Hall–Kier alpha value is -0.610. The normalized spacial score (nSPS) is 33.8. The van der Waals surface area contributed by atoms with Crippen LogP contribution in [0.2, 0.25) is 0 Å². The number of carbonyl (C=O) groups is 1. The zero-order chi connectivity index (χ0) is 12.8. The maximum absolute atomic E-state index is 11.8. The molecule has 1 saturated heterocycles. The molecule has 1 amide bonds. The molecule has 0 spiro atoms. The molecular weight excluding hydrogens is 228 g/mol. The largest absolute Gasteiger partial charge is 0.396 e. The van der Waals surface area contributed by atoms with Crippen LogP contribution in [0.1, 0.15) is 44.9 Å².